The molecular weight excluding hydrogens is 354 g/mol. The molecule has 0 spiro atoms. The molecule has 5 nitrogen and oxygen atoms in total. The van der Waals surface area contributed by atoms with Crippen molar-refractivity contribution in [1.82, 2.24) is 0 Å². The zero-order valence-corrected chi connectivity index (χ0v) is 16.3. The smallest absolute Gasteiger partial charge is 0.374 e. The number of furan rings is 1. The minimum Gasteiger partial charge on any atom is -0.483 e. The second kappa shape index (κ2) is 5.64. The number of ether oxygens (including phenoxy) is 2. The molecular formula is C23H21NO4. The lowest BCUT2D eigenvalue weighted by Crippen LogP contribution is -2.28. The van der Waals surface area contributed by atoms with Gasteiger partial charge in [0.2, 0.25) is 5.76 Å². The van der Waals surface area contributed by atoms with Crippen LogP contribution >= 0.6 is 0 Å². The molecule has 2 aliphatic heterocycles. The monoisotopic (exact) mass is 375 g/mol. The molecule has 0 N–H and O–H groups in total. The quantitative estimate of drug-likeness (QED) is 0.550. The highest BCUT2D eigenvalue weighted by Crippen LogP contribution is 2.54. The van der Waals surface area contributed by atoms with Gasteiger partial charge in [0.25, 0.3) is 0 Å². The Labute approximate surface area is 163 Å². The average molecular weight is 375 g/mol. The summed E-state index contributed by atoms with van der Waals surface area (Å²) in [5, 5.41) is 0.913. The third kappa shape index (κ3) is 2.22. The summed E-state index contributed by atoms with van der Waals surface area (Å²) in [4.78, 5) is 14.8. The van der Waals surface area contributed by atoms with Crippen LogP contribution in [0.25, 0.3) is 28.2 Å². The van der Waals surface area contributed by atoms with E-state index in [2.05, 4.69) is 17.1 Å². The van der Waals surface area contributed by atoms with Crippen molar-refractivity contribution in [3.05, 3.63) is 47.7 Å². The Morgan fingerprint density at radius 3 is 2.82 bits per heavy atom. The van der Waals surface area contributed by atoms with Gasteiger partial charge in [0.1, 0.15) is 16.9 Å². The number of fused-ring (bicyclic) bond motifs is 4. The van der Waals surface area contributed by atoms with Crippen LogP contribution in [0.5, 0.6) is 5.75 Å². The first-order valence-electron chi connectivity index (χ1n) is 9.43. The van der Waals surface area contributed by atoms with E-state index in [0.29, 0.717) is 12.2 Å². The van der Waals surface area contributed by atoms with Gasteiger partial charge in [-0.15, -0.1) is 0 Å². The number of nitrogens with zero attached hydrogens (tertiary/aromatic N) is 1. The van der Waals surface area contributed by atoms with Gasteiger partial charge in [0.15, 0.2) is 0 Å². The molecule has 142 valence electrons. The zero-order chi connectivity index (χ0) is 19.6. The largest absolute Gasteiger partial charge is 0.483 e. The third-order valence-corrected chi connectivity index (χ3v) is 5.31. The highest BCUT2D eigenvalue weighted by atomic mass is 16.5. The Morgan fingerprint density at radius 1 is 1.25 bits per heavy atom. The van der Waals surface area contributed by atoms with Crippen molar-refractivity contribution in [2.75, 3.05) is 18.6 Å². The van der Waals surface area contributed by atoms with E-state index in [-0.39, 0.29) is 5.76 Å². The fraction of sp³-hybridized carbons (Fsp3) is 0.261. The molecule has 0 bridgehead atoms. The van der Waals surface area contributed by atoms with E-state index in [1.807, 2.05) is 51.2 Å². The molecule has 0 radical (unpaired) electrons. The summed E-state index contributed by atoms with van der Waals surface area (Å²) in [5.74, 6) is 0.537. The van der Waals surface area contributed by atoms with Gasteiger partial charge in [-0.3, -0.25) is 0 Å². The molecule has 0 amide bonds. The molecule has 28 heavy (non-hydrogen) atoms. The van der Waals surface area contributed by atoms with Crippen LogP contribution in [0.15, 0.2) is 40.8 Å². The Kier molecular flexibility index (Phi) is 3.41. The molecule has 0 fully saturated rings. The Bertz CT molecular complexity index is 1170. The number of carbonyl (C=O) groups is 1. The van der Waals surface area contributed by atoms with E-state index in [1.165, 1.54) is 0 Å². The first-order chi connectivity index (χ1) is 13.4. The lowest BCUT2D eigenvalue weighted by atomic mass is 9.90. The van der Waals surface area contributed by atoms with Crippen molar-refractivity contribution in [1.29, 1.82) is 0 Å². The maximum absolute atomic E-state index is 12.7. The minimum absolute atomic E-state index is 0.240. The third-order valence-electron chi connectivity index (χ3n) is 5.31. The average Bonchev–Trinajstić information content (AvgIpc) is 3.04. The molecule has 0 aliphatic carbocycles. The van der Waals surface area contributed by atoms with Gasteiger partial charge in [-0.05, 0) is 39.0 Å². The molecule has 1 aromatic heterocycles. The van der Waals surface area contributed by atoms with E-state index in [0.717, 1.165) is 39.2 Å². The number of hydrogen-bond donors (Lipinski definition) is 0. The van der Waals surface area contributed by atoms with Crippen LogP contribution in [0.2, 0.25) is 0 Å². The highest BCUT2D eigenvalue weighted by Gasteiger charge is 2.35. The van der Waals surface area contributed by atoms with E-state index in [9.17, 15) is 4.79 Å². The lowest BCUT2D eigenvalue weighted by molar-refractivity contribution is 0.0494. The van der Waals surface area contributed by atoms with Crippen molar-refractivity contribution < 1.29 is 18.7 Å². The fourth-order valence-electron chi connectivity index (χ4n) is 4.12. The van der Waals surface area contributed by atoms with Gasteiger partial charge in [-0.25, -0.2) is 4.79 Å². The Balaban J connectivity index is 1.90. The molecule has 3 aromatic rings. The van der Waals surface area contributed by atoms with Crippen LogP contribution in [0, 0.1) is 0 Å². The maximum Gasteiger partial charge on any atom is 0.374 e. The first-order valence-corrected chi connectivity index (χ1v) is 9.43. The number of para-hydroxylation sites is 1. The molecule has 5 rings (SSSR count). The first kappa shape index (κ1) is 16.9. The maximum atomic E-state index is 12.7. The zero-order valence-electron chi connectivity index (χ0n) is 16.3. The topological polar surface area (TPSA) is 51.9 Å². The van der Waals surface area contributed by atoms with Crippen LogP contribution in [0.3, 0.4) is 0 Å². The SMILES string of the molecule is CCOC(=O)c1oc2cc3c(c4c2c1-c1ccccc1N4C)C=CC(C)(C)O3. The summed E-state index contributed by atoms with van der Waals surface area (Å²) >= 11 is 0. The second-order valence-corrected chi connectivity index (χ2v) is 7.65. The van der Waals surface area contributed by atoms with Crippen LogP contribution < -0.4 is 9.64 Å². The van der Waals surface area contributed by atoms with Gasteiger partial charge in [0.05, 0.1) is 17.7 Å². The van der Waals surface area contributed by atoms with Gasteiger partial charge >= 0.3 is 5.97 Å². The van der Waals surface area contributed by atoms with E-state index < -0.39 is 11.6 Å². The summed E-state index contributed by atoms with van der Waals surface area (Å²) in [5.41, 5.74) is 4.94. The summed E-state index contributed by atoms with van der Waals surface area (Å²) in [7, 11) is 2.03. The normalized spacial score (nSPS) is 15.8. The Morgan fingerprint density at radius 2 is 2.04 bits per heavy atom. The van der Waals surface area contributed by atoms with E-state index >= 15 is 0 Å². The standard InChI is InChI=1S/C23H21NO4/c1-5-26-22(25)21-18-13-8-6-7-9-15(13)24(4)20-14-10-11-23(2,3)28-16(14)12-17(27-21)19(18)20/h6-12H,5H2,1-4H3. The highest BCUT2D eigenvalue weighted by molar-refractivity contribution is 6.18. The molecule has 0 atom stereocenters. The summed E-state index contributed by atoms with van der Waals surface area (Å²) in [6.45, 7) is 6.11. The predicted molar refractivity (Wildman–Crippen MR) is 109 cm³/mol. The fourth-order valence-corrected chi connectivity index (χ4v) is 4.12. The van der Waals surface area contributed by atoms with Crippen molar-refractivity contribution in [2.24, 2.45) is 0 Å². The van der Waals surface area contributed by atoms with Crippen molar-refractivity contribution >= 4 is 34.4 Å². The van der Waals surface area contributed by atoms with Crippen LogP contribution in [-0.2, 0) is 4.74 Å². The number of esters is 1. The van der Waals surface area contributed by atoms with Crippen LogP contribution in [0.4, 0.5) is 11.4 Å². The Hall–Kier alpha value is -3.21. The van der Waals surface area contributed by atoms with E-state index in [1.54, 1.807) is 6.92 Å². The summed E-state index contributed by atoms with van der Waals surface area (Å²) in [6.07, 6.45) is 4.15. The molecule has 0 saturated heterocycles. The van der Waals surface area contributed by atoms with Crippen molar-refractivity contribution in [2.45, 2.75) is 26.4 Å². The van der Waals surface area contributed by atoms with Gasteiger partial charge < -0.3 is 18.8 Å². The molecule has 0 unspecified atom stereocenters. The molecule has 0 saturated carbocycles. The van der Waals surface area contributed by atoms with Crippen molar-refractivity contribution in [3.8, 4) is 16.9 Å². The predicted octanol–water partition coefficient (Wildman–Crippen LogP) is 5.54. The molecule has 5 heteroatoms. The molecule has 2 aromatic carbocycles. The summed E-state index contributed by atoms with van der Waals surface area (Å²) in [6, 6.07) is 9.90. The van der Waals surface area contributed by atoms with Gasteiger partial charge in [0, 0.05) is 35.5 Å². The minimum atomic E-state index is -0.450. The lowest BCUT2D eigenvalue weighted by Gasteiger charge is -2.34. The van der Waals surface area contributed by atoms with E-state index in [4.69, 9.17) is 13.9 Å². The van der Waals surface area contributed by atoms with Crippen LogP contribution in [-0.4, -0.2) is 25.2 Å². The number of anilines is 2. The second-order valence-electron chi connectivity index (χ2n) is 7.65. The number of rotatable bonds is 2. The van der Waals surface area contributed by atoms with Crippen LogP contribution in [0.1, 0.15) is 36.9 Å². The van der Waals surface area contributed by atoms with Gasteiger partial charge in [-0.1, -0.05) is 18.2 Å². The molecule has 3 heterocycles. The number of benzene rings is 2. The molecule has 2 aliphatic rings. The number of carbonyl (C=O) groups excluding carboxylic acids is 1. The van der Waals surface area contributed by atoms with Crippen molar-refractivity contribution in [3.63, 3.8) is 0 Å². The number of hydrogen-bond acceptors (Lipinski definition) is 5. The van der Waals surface area contributed by atoms with Gasteiger partial charge in [-0.2, -0.15) is 0 Å². The summed E-state index contributed by atoms with van der Waals surface area (Å²) < 4.78 is 17.5.